The topological polar surface area (TPSA) is 15.3 Å². The van der Waals surface area contributed by atoms with Crippen molar-refractivity contribution < 1.29 is 0 Å². The van der Waals surface area contributed by atoms with Gasteiger partial charge in [0.2, 0.25) is 0 Å². The molecule has 0 aromatic heterocycles. The molecule has 1 N–H and O–H groups in total. The van der Waals surface area contributed by atoms with Crippen LogP contribution in [0.3, 0.4) is 0 Å². The Bertz CT molecular complexity index is 470. The Labute approximate surface area is 129 Å². The zero-order chi connectivity index (χ0) is 15.1. The van der Waals surface area contributed by atoms with E-state index in [2.05, 4.69) is 68.2 Å². The summed E-state index contributed by atoms with van der Waals surface area (Å²) in [5, 5.41) is 3.82. The molecule has 2 atom stereocenters. The summed E-state index contributed by atoms with van der Waals surface area (Å²) in [6, 6.07) is 12.1. The second-order valence-corrected chi connectivity index (χ2v) is 8.26. The van der Waals surface area contributed by atoms with Crippen LogP contribution in [-0.4, -0.2) is 29.6 Å². The number of hydrogen-bond donors (Lipinski definition) is 1. The molecule has 0 amide bonds. The Morgan fingerprint density at radius 1 is 1.14 bits per heavy atom. The fourth-order valence-electron chi connectivity index (χ4n) is 3.88. The average Bonchev–Trinajstić information content (AvgIpc) is 2.44. The first-order valence-corrected chi connectivity index (χ1v) is 8.45. The number of rotatable bonds is 2. The number of nitrogens with one attached hydrogen (secondary N) is 1. The number of nitrogens with zero attached hydrogens (tertiary/aromatic N) is 1. The summed E-state index contributed by atoms with van der Waals surface area (Å²) in [6.07, 6.45) is 4.10. The summed E-state index contributed by atoms with van der Waals surface area (Å²) < 4.78 is 0. The number of hydrogen-bond acceptors (Lipinski definition) is 2. The first kappa shape index (κ1) is 15.1. The fourth-order valence-corrected chi connectivity index (χ4v) is 3.88. The minimum atomic E-state index is 0.319. The largest absolute Gasteiger partial charge is 0.310 e. The van der Waals surface area contributed by atoms with Crippen molar-refractivity contribution in [1.29, 1.82) is 0 Å². The summed E-state index contributed by atoms with van der Waals surface area (Å²) in [4.78, 5) is 2.80. The lowest BCUT2D eigenvalue weighted by molar-refractivity contribution is -0.0430. The highest BCUT2D eigenvalue weighted by Crippen LogP contribution is 2.44. The minimum Gasteiger partial charge on any atom is -0.310 e. The molecule has 0 spiro atoms. The zero-order valence-electron chi connectivity index (χ0n) is 14.0. The Morgan fingerprint density at radius 2 is 1.81 bits per heavy atom. The molecule has 1 saturated carbocycles. The highest BCUT2D eigenvalue weighted by Gasteiger charge is 2.45. The molecule has 2 fully saturated rings. The summed E-state index contributed by atoms with van der Waals surface area (Å²) in [6.45, 7) is 11.8. The third-order valence-electron chi connectivity index (χ3n) is 5.67. The van der Waals surface area contributed by atoms with E-state index in [1.807, 2.05) is 0 Å². The normalized spacial score (nSPS) is 29.9. The van der Waals surface area contributed by atoms with Crippen LogP contribution in [0.25, 0.3) is 0 Å². The summed E-state index contributed by atoms with van der Waals surface area (Å²) in [5.74, 6) is 0. The molecule has 1 aromatic carbocycles. The quantitative estimate of drug-likeness (QED) is 0.884. The lowest BCUT2D eigenvalue weighted by Gasteiger charge is -2.56. The second kappa shape index (κ2) is 5.40. The van der Waals surface area contributed by atoms with Gasteiger partial charge in [-0.3, -0.25) is 4.90 Å². The van der Waals surface area contributed by atoms with Gasteiger partial charge < -0.3 is 5.32 Å². The van der Waals surface area contributed by atoms with Crippen LogP contribution in [0, 0.1) is 5.41 Å². The van der Waals surface area contributed by atoms with Crippen LogP contribution in [0.5, 0.6) is 0 Å². The van der Waals surface area contributed by atoms with Gasteiger partial charge in [-0.2, -0.15) is 0 Å². The molecule has 0 bridgehead atoms. The predicted octanol–water partition coefficient (Wildman–Crippen LogP) is 3.99. The Morgan fingerprint density at radius 3 is 2.33 bits per heavy atom. The molecule has 2 unspecified atom stereocenters. The van der Waals surface area contributed by atoms with Crippen molar-refractivity contribution in [1.82, 2.24) is 10.2 Å². The monoisotopic (exact) mass is 286 g/mol. The lowest BCUT2D eigenvalue weighted by Crippen LogP contribution is -2.64. The van der Waals surface area contributed by atoms with Crippen molar-refractivity contribution >= 4 is 0 Å². The highest BCUT2D eigenvalue weighted by atomic mass is 15.3. The third kappa shape index (κ3) is 2.89. The molecule has 2 aliphatic rings. The van der Waals surface area contributed by atoms with Crippen molar-refractivity contribution in [3.05, 3.63) is 35.9 Å². The molecule has 21 heavy (non-hydrogen) atoms. The van der Waals surface area contributed by atoms with Crippen LogP contribution < -0.4 is 5.32 Å². The Hall–Kier alpha value is -0.860. The first-order chi connectivity index (χ1) is 9.90. The summed E-state index contributed by atoms with van der Waals surface area (Å²) in [7, 11) is 0. The van der Waals surface area contributed by atoms with Gasteiger partial charge in [0.1, 0.15) is 0 Å². The van der Waals surface area contributed by atoms with E-state index in [-0.39, 0.29) is 0 Å². The average molecular weight is 286 g/mol. The molecule has 2 heteroatoms. The smallest absolute Gasteiger partial charge is 0.0478 e. The Balaban J connectivity index is 1.86. The van der Waals surface area contributed by atoms with Crippen molar-refractivity contribution in [3.8, 4) is 0 Å². The maximum absolute atomic E-state index is 3.82. The predicted molar refractivity (Wildman–Crippen MR) is 89.4 cm³/mol. The molecule has 1 saturated heterocycles. The molecule has 1 aromatic rings. The van der Waals surface area contributed by atoms with Crippen molar-refractivity contribution in [2.45, 2.75) is 64.6 Å². The van der Waals surface area contributed by atoms with Crippen LogP contribution in [-0.2, 0) is 0 Å². The molecule has 1 heterocycles. The van der Waals surface area contributed by atoms with Gasteiger partial charge in [-0.05, 0) is 37.2 Å². The van der Waals surface area contributed by atoms with E-state index in [0.717, 1.165) is 6.54 Å². The molecule has 0 radical (unpaired) electrons. The summed E-state index contributed by atoms with van der Waals surface area (Å²) in [5.41, 5.74) is 2.19. The van der Waals surface area contributed by atoms with E-state index in [1.165, 1.54) is 31.4 Å². The van der Waals surface area contributed by atoms with Crippen LogP contribution in [0.4, 0.5) is 0 Å². The molecule has 3 rings (SSSR count). The lowest BCUT2D eigenvalue weighted by atomic mass is 9.73. The number of piperazine rings is 1. The molecule has 116 valence electrons. The van der Waals surface area contributed by atoms with Gasteiger partial charge in [-0.25, -0.2) is 0 Å². The van der Waals surface area contributed by atoms with E-state index >= 15 is 0 Å². The van der Waals surface area contributed by atoms with Gasteiger partial charge in [-0.15, -0.1) is 0 Å². The van der Waals surface area contributed by atoms with E-state index in [4.69, 9.17) is 0 Å². The maximum atomic E-state index is 3.82. The zero-order valence-corrected chi connectivity index (χ0v) is 14.0. The SMILES string of the molecule is CC(C)(C)C1CN(C2(C)CCC2)C(c2ccccc2)CN1. The Kier molecular flexibility index (Phi) is 3.87. The fraction of sp³-hybridized carbons (Fsp3) is 0.684. The van der Waals surface area contributed by atoms with E-state index in [9.17, 15) is 0 Å². The molecular formula is C19H30N2. The summed E-state index contributed by atoms with van der Waals surface area (Å²) >= 11 is 0. The molecule has 2 nitrogen and oxygen atoms in total. The number of benzene rings is 1. The van der Waals surface area contributed by atoms with Crippen LogP contribution >= 0.6 is 0 Å². The molecule has 1 aliphatic heterocycles. The van der Waals surface area contributed by atoms with E-state index < -0.39 is 0 Å². The van der Waals surface area contributed by atoms with Crippen molar-refractivity contribution in [3.63, 3.8) is 0 Å². The van der Waals surface area contributed by atoms with E-state index in [1.54, 1.807) is 0 Å². The maximum Gasteiger partial charge on any atom is 0.0478 e. The van der Waals surface area contributed by atoms with Crippen LogP contribution in [0.1, 0.15) is 58.6 Å². The minimum absolute atomic E-state index is 0.319. The van der Waals surface area contributed by atoms with Crippen molar-refractivity contribution in [2.24, 2.45) is 5.41 Å². The first-order valence-electron chi connectivity index (χ1n) is 8.45. The highest BCUT2D eigenvalue weighted by molar-refractivity contribution is 5.22. The van der Waals surface area contributed by atoms with Gasteiger partial charge in [0.15, 0.2) is 0 Å². The molecule has 1 aliphatic carbocycles. The van der Waals surface area contributed by atoms with Gasteiger partial charge in [0.05, 0.1) is 0 Å². The van der Waals surface area contributed by atoms with Gasteiger partial charge >= 0.3 is 0 Å². The van der Waals surface area contributed by atoms with Crippen LogP contribution in [0.2, 0.25) is 0 Å². The second-order valence-electron chi connectivity index (χ2n) is 8.26. The van der Waals surface area contributed by atoms with E-state index in [0.29, 0.717) is 23.0 Å². The standard InChI is InChI=1S/C19H30N2/c1-18(2,3)17-14-21(19(4)11-8-12-19)16(13-20-17)15-9-6-5-7-10-15/h5-7,9-10,16-17,20H,8,11-14H2,1-4H3. The van der Waals surface area contributed by atoms with Gasteiger partial charge in [-0.1, -0.05) is 51.1 Å². The third-order valence-corrected chi connectivity index (χ3v) is 5.67. The van der Waals surface area contributed by atoms with Gasteiger partial charge in [0, 0.05) is 30.7 Å². The van der Waals surface area contributed by atoms with Crippen molar-refractivity contribution in [2.75, 3.05) is 13.1 Å². The molecular weight excluding hydrogens is 256 g/mol. The van der Waals surface area contributed by atoms with Gasteiger partial charge in [0.25, 0.3) is 0 Å². The van der Waals surface area contributed by atoms with Crippen LogP contribution in [0.15, 0.2) is 30.3 Å².